The Kier molecular flexibility index (Phi) is 4.72. The molecular weight excluding hydrogens is 355 g/mol. The number of furan rings is 1. The number of esters is 1. The number of hydrogen-bond donors (Lipinski definition) is 2. The Morgan fingerprint density at radius 1 is 1.15 bits per heavy atom. The minimum absolute atomic E-state index is 0.0379. The van der Waals surface area contributed by atoms with Crippen LogP contribution in [0.2, 0.25) is 0 Å². The summed E-state index contributed by atoms with van der Waals surface area (Å²) in [6.45, 7) is 3.65. The lowest BCUT2D eigenvalue weighted by molar-refractivity contribution is 0.0640. The zero-order valence-electron chi connectivity index (χ0n) is 14.6. The van der Waals surface area contributed by atoms with Gasteiger partial charge in [-0.2, -0.15) is 0 Å². The Labute approximate surface area is 153 Å². The Hall–Kier alpha value is -3.55. The number of halogens is 1. The number of benzene rings is 2. The maximum Gasteiger partial charge on any atom is 0.412 e. The quantitative estimate of drug-likeness (QED) is 0.408. The molecule has 140 valence electrons. The average Bonchev–Trinajstić information content (AvgIpc) is 2.93. The summed E-state index contributed by atoms with van der Waals surface area (Å²) in [6.07, 6.45) is -1.41. The van der Waals surface area contributed by atoms with Crippen molar-refractivity contribution in [3.63, 3.8) is 0 Å². The Morgan fingerprint density at radius 3 is 2.41 bits per heavy atom. The third kappa shape index (κ3) is 3.69. The summed E-state index contributed by atoms with van der Waals surface area (Å²) in [6, 6.07) is 8.33. The number of fused-ring (bicyclic) bond motifs is 1. The molecule has 1 aromatic heterocycles. The zero-order valence-corrected chi connectivity index (χ0v) is 14.6. The molecule has 1 heterocycles. The van der Waals surface area contributed by atoms with Crippen LogP contribution in [0.1, 0.15) is 24.2 Å². The molecule has 3 aromatic rings. The lowest BCUT2D eigenvalue weighted by Crippen LogP contribution is -2.18. The van der Waals surface area contributed by atoms with Crippen molar-refractivity contribution in [2.75, 3.05) is 5.73 Å². The maximum absolute atomic E-state index is 13.2. The third-order valence-corrected chi connectivity index (χ3v) is 3.69. The van der Waals surface area contributed by atoms with Crippen LogP contribution in [0.15, 0.2) is 40.8 Å². The number of carbonyl (C=O) groups excluding carboxylic acids is 2. The molecule has 0 saturated carbocycles. The van der Waals surface area contributed by atoms with Crippen molar-refractivity contribution in [3.05, 3.63) is 47.8 Å². The van der Waals surface area contributed by atoms with Gasteiger partial charge in [0.15, 0.2) is 0 Å². The van der Waals surface area contributed by atoms with E-state index >= 15 is 0 Å². The average molecular weight is 372 g/mol. The monoisotopic (exact) mass is 372 g/mol. The first kappa shape index (κ1) is 18.2. The van der Waals surface area contributed by atoms with Gasteiger partial charge in [0.25, 0.3) is 0 Å². The van der Waals surface area contributed by atoms with E-state index in [2.05, 4.69) is 4.74 Å². The van der Waals surface area contributed by atoms with Crippen LogP contribution in [-0.4, -0.2) is 18.2 Å². The topological polar surface area (TPSA) is 118 Å². The second-order valence-electron chi connectivity index (χ2n) is 6.07. The largest absolute Gasteiger partial charge is 0.489 e. The number of hydrogen-bond acceptors (Lipinski definition) is 6. The van der Waals surface area contributed by atoms with Gasteiger partial charge < -0.3 is 25.4 Å². The standard InChI is InChI=1S/C19H17FN2O5/c1-9(2)25-15-7-12-14(8-13(15)21)26-17(10-3-5-11(20)6-4-10)16(12)18(23)27-19(22)24/h3-9H,21H2,1-2H3,(H2,22,24). The van der Waals surface area contributed by atoms with Crippen LogP contribution >= 0.6 is 0 Å². The molecule has 3 rings (SSSR count). The first-order valence-electron chi connectivity index (χ1n) is 8.06. The van der Waals surface area contributed by atoms with Crippen molar-refractivity contribution in [2.45, 2.75) is 20.0 Å². The Bertz CT molecular complexity index is 1020. The smallest absolute Gasteiger partial charge is 0.412 e. The molecule has 0 saturated heterocycles. The van der Waals surface area contributed by atoms with E-state index in [0.717, 1.165) is 0 Å². The van der Waals surface area contributed by atoms with Crippen molar-refractivity contribution < 1.29 is 27.9 Å². The van der Waals surface area contributed by atoms with Crippen LogP contribution in [0.3, 0.4) is 0 Å². The molecule has 4 N–H and O–H groups in total. The maximum atomic E-state index is 13.2. The van der Waals surface area contributed by atoms with Crippen molar-refractivity contribution in [3.8, 4) is 17.1 Å². The molecule has 27 heavy (non-hydrogen) atoms. The molecule has 7 nitrogen and oxygen atoms in total. The van der Waals surface area contributed by atoms with Crippen molar-refractivity contribution in [1.29, 1.82) is 0 Å². The van der Waals surface area contributed by atoms with Gasteiger partial charge in [-0.1, -0.05) is 0 Å². The molecule has 0 bridgehead atoms. The van der Waals surface area contributed by atoms with E-state index in [9.17, 15) is 14.0 Å². The van der Waals surface area contributed by atoms with E-state index in [1.807, 2.05) is 13.8 Å². The first-order valence-corrected chi connectivity index (χ1v) is 8.06. The van der Waals surface area contributed by atoms with Crippen LogP contribution < -0.4 is 16.2 Å². The van der Waals surface area contributed by atoms with Crippen molar-refractivity contribution >= 4 is 28.7 Å². The number of amides is 1. The number of anilines is 1. The highest BCUT2D eigenvalue weighted by molar-refractivity contribution is 6.11. The summed E-state index contributed by atoms with van der Waals surface area (Å²) in [5.41, 5.74) is 11.9. The molecule has 0 aliphatic carbocycles. The molecule has 8 heteroatoms. The van der Waals surface area contributed by atoms with E-state index in [1.54, 1.807) is 0 Å². The summed E-state index contributed by atoms with van der Waals surface area (Å²) < 4.78 is 29.2. The molecule has 0 fully saturated rings. The van der Waals surface area contributed by atoms with Gasteiger partial charge in [0.2, 0.25) is 0 Å². The summed E-state index contributed by atoms with van der Waals surface area (Å²) in [7, 11) is 0. The third-order valence-electron chi connectivity index (χ3n) is 3.69. The van der Waals surface area contributed by atoms with Gasteiger partial charge >= 0.3 is 12.1 Å². The van der Waals surface area contributed by atoms with E-state index in [1.165, 1.54) is 36.4 Å². The zero-order chi connectivity index (χ0) is 19.7. The normalized spacial score (nSPS) is 11.0. The van der Waals surface area contributed by atoms with Crippen molar-refractivity contribution in [1.82, 2.24) is 0 Å². The number of rotatable bonds is 4. The molecule has 1 amide bonds. The minimum Gasteiger partial charge on any atom is -0.489 e. The number of primary amides is 1. The summed E-state index contributed by atoms with van der Waals surface area (Å²) in [5.74, 6) is -1.01. The molecular formula is C19H17FN2O5. The molecule has 0 aliphatic rings. The second-order valence-corrected chi connectivity index (χ2v) is 6.07. The van der Waals surface area contributed by atoms with Gasteiger partial charge in [-0.3, -0.25) is 0 Å². The van der Waals surface area contributed by atoms with E-state index < -0.39 is 17.9 Å². The van der Waals surface area contributed by atoms with Crippen LogP contribution in [0.5, 0.6) is 5.75 Å². The van der Waals surface area contributed by atoms with E-state index in [4.69, 9.17) is 20.6 Å². The number of ether oxygens (including phenoxy) is 2. The fourth-order valence-corrected chi connectivity index (χ4v) is 2.64. The number of nitrogens with two attached hydrogens (primary N) is 2. The fourth-order valence-electron chi connectivity index (χ4n) is 2.64. The van der Waals surface area contributed by atoms with Gasteiger partial charge in [-0.05, 0) is 44.2 Å². The lowest BCUT2D eigenvalue weighted by Gasteiger charge is -2.12. The highest BCUT2D eigenvalue weighted by Crippen LogP contribution is 2.38. The molecule has 0 aliphatic heterocycles. The Balaban J connectivity index is 2.25. The second kappa shape index (κ2) is 6.99. The minimum atomic E-state index is -1.26. The SMILES string of the molecule is CC(C)Oc1cc2c(C(=O)OC(N)=O)c(-c3ccc(F)cc3)oc2cc1N. The highest BCUT2D eigenvalue weighted by Gasteiger charge is 2.26. The summed E-state index contributed by atoms with van der Waals surface area (Å²) in [4.78, 5) is 23.5. The molecule has 2 aromatic carbocycles. The van der Waals surface area contributed by atoms with Gasteiger partial charge in [0.05, 0.1) is 11.8 Å². The molecule has 0 spiro atoms. The highest BCUT2D eigenvalue weighted by atomic mass is 19.1. The van der Waals surface area contributed by atoms with E-state index in [0.29, 0.717) is 22.4 Å². The summed E-state index contributed by atoms with van der Waals surface area (Å²) >= 11 is 0. The first-order chi connectivity index (χ1) is 12.8. The van der Waals surface area contributed by atoms with Crippen LogP contribution in [-0.2, 0) is 4.74 Å². The lowest BCUT2D eigenvalue weighted by atomic mass is 10.0. The van der Waals surface area contributed by atoms with E-state index in [-0.39, 0.29) is 23.0 Å². The van der Waals surface area contributed by atoms with Gasteiger partial charge in [0, 0.05) is 17.0 Å². The number of nitrogen functional groups attached to an aromatic ring is 1. The predicted molar refractivity (Wildman–Crippen MR) is 96.8 cm³/mol. The molecule has 0 radical (unpaired) electrons. The molecule has 0 atom stereocenters. The van der Waals surface area contributed by atoms with Crippen LogP contribution in [0, 0.1) is 5.82 Å². The number of carbonyl (C=O) groups is 2. The van der Waals surface area contributed by atoms with Gasteiger partial charge in [-0.15, -0.1) is 0 Å². The predicted octanol–water partition coefficient (Wildman–Crippen LogP) is 3.84. The Morgan fingerprint density at radius 2 is 1.81 bits per heavy atom. The van der Waals surface area contributed by atoms with Crippen molar-refractivity contribution in [2.24, 2.45) is 5.73 Å². The van der Waals surface area contributed by atoms with Crippen LogP contribution in [0.4, 0.5) is 14.9 Å². The van der Waals surface area contributed by atoms with Gasteiger partial charge in [-0.25, -0.2) is 14.0 Å². The van der Waals surface area contributed by atoms with Gasteiger partial charge in [0.1, 0.15) is 28.5 Å². The summed E-state index contributed by atoms with van der Waals surface area (Å²) in [5, 5.41) is 0.324. The molecule has 0 unspecified atom stereocenters. The fraction of sp³-hybridized carbons (Fsp3) is 0.158. The van der Waals surface area contributed by atoms with Crippen LogP contribution in [0.25, 0.3) is 22.3 Å².